The summed E-state index contributed by atoms with van der Waals surface area (Å²) in [6.07, 6.45) is 0. The number of nitro benzene ring substituents is 1. The van der Waals surface area contributed by atoms with Crippen LogP contribution in [0.15, 0.2) is 36.4 Å². The molecule has 2 aromatic carbocycles. The number of carbonyl (C=O) groups excluding carboxylic acids is 1. The van der Waals surface area contributed by atoms with E-state index in [0.29, 0.717) is 11.7 Å². The molecule has 3 aromatic rings. The maximum absolute atomic E-state index is 13.5. The van der Waals surface area contributed by atoms with Crippen molar-refractivity contribution in [3.05, 3.63) is 52.1 Å². The standard InChI is InChI=1S/C21H23N3O7S/c1-28-9-8-23(21-22-15-6-4-5-7-19(15)32-21)20(25)14-12-17(30-3)18(31-11-10-29-2)13-16(14)24(26)27/h4-7,12-13H,8-11H2,1-3H3. The lowest BCUT2D eigenvalue weighted by molar-refractivity contribution is -0.385. The van der Waals surface area contributed by atoms with Gasteiger partial charge in [-0.15, -0.1) is 0 Å². The molecule has 1 amide bonds. The Hall–Kier alpha value is -3.28. The number of carbonyl (C=O) groups is 1. The van der Waals surface area contributed by atoms with Crippen LogP contribution in [0.4, 0.5) is 10.8 Å². The van der Waals surface area contributed by atoms with Gasteiger partial charge in [-0.2, -0.15) is 0 Å². The van der Waals surface area contributed by atoms with Crippen LogP contribution in [0.2, 0.25) is 0 Å². The van der Waals surface area contributed by atoms with E-state index in [1.165, 1.54) is 49.7 Å². The third-order valence-corrected chi connectivity index (χ3v) is 5.59. The van der Waals surface area contributed by atoms with Crippen LogP contribution in [-0.2, 0) is 9.47 Å². The average molecular weight is 461 g/mol. The van der Waals surface area contributed by atoms with Crippen LogP contribution in [-0.4, -0.2) is 63.5 Å². The van der Waals surface area contributed by atoms with Gasteiger partial charge in [-0.05, 0) is 12.1 Å². The minimum atomic E-state index is -0.622. The van der Waals surface area contributed by atoms with Gasteiger partial charge in [-0.1, -0.05) is 23.5 Å². The van der Waals surface area contributed by atoms with E-state index in [4.69, 9.17) is 18.9 Å². The average Bonchev–Trinajstić information content (AvgIpc) is 3.22. The monoisotopic (exact) mass is 461 g/mol. The number of hydrogen-bond acceptors (Lipinski definition) is 9. The first-order valence-corrected chi connectivity index (χ1v) is 10.5. The van der Waals surface area contributed by atoms with Crippen molar-refractivity contribution in [1.29, 1.82) is 0 Å². The van der Waals surface area contributed by atoms with Crippen LogP contribution in [0.3, 0.4) is 0 Å². The highest BCUT2D eigenvalue weighted by atomic mass is 32.1. The molecular weight excluding hydrogens is 438 g/mol. The predicted octanol–water partition coefficient (Wildman–Crippen LogP) is 3.53. The minimum Gasteiger partial charge on any atom is -0.493 e. The number of para-hydroxylation sites is 1. The second-order valence-electron chi connectivity index (χ2n) is 6.53. The molecule has 32 heavy (non-hydrogen) atoms. The first-order chi connectivity index (χ1) is 15.5. The lowest BCUT2D eigenvalue weighted by Crippen LogP contribution is -2.34. The second-order valence-corrected chi connectivity index (χ2v) is 7.54. The summed E-state index contributed by atoms with van der Waals surface area (Å²) in [5.74, 6) is -0.239. The van der Waals surface area contributed by atoms with Gasteiger partial charge >= 0.3 is 0 Å². The van der Waals surface area contributed by atoms with E-state index in [1.54, 1.807) is 0 Å². The molecule has 0 N–H and O–H groups in total. The predicted molar refractivity (Wildman–Crippen MR) is 120 cm³/mol. The van der Waals surface area contributed by atoms with E-state index in [2.05, 4.69) is 4.98 Å². The molecule has 0 unspecified atom stereocenters. The number of thiazole rings is 1. The van der Waals surface area contributed by atoms with Crippen molar-refractivity contribution in [2.75, 3.05) is 52.6 Å². The number of aromatic nitrogens is 1. The van der Waals surface area contributed by atoms with Gasteiger partial charge in [0.15, 0.2) is 16.6 Å². The minimum absolute atomic E-state index is 0.138. The number of amides is 1. The number of benzene rings is 2. The smallest absolute Gasteiger partial charge is 0.286 e. The fourth-order valence-corrected chi connectivity index (χ4v) is 3.96. The van der Waals surface area contributed by atoms with Crippen LogP contribution in [0.5, 0.6) is 11.5 Å². The first kappa shape index (κ1) is 23.4. The Balaban J connectivity index is 2.05. The van der Waals surface area contributed by atoms with E-state index in [-0.39, 0.29) is 36.8 Å². The van der Waals surface area contributed by atoms with Crippen LogP contribution < -0.4 is 14.4 Å². The van der Waals surface area contributed by atoms with Gasteiger partial charge in [0.05, 0.1) is 48.1 Å². The van der Waals surface area contributed by atoms with E-state index in [0.717, 1.165) is 10.2 Å². The summed E-state index contributed by atoms with van der Waals surface area (Å²) >= 11 is 1.32. The third-order valence-electron chi connectivity index (χ3n) is 4.53. The zero-order valence-corrected chi connectivity index (χ0v) is 18.7. The van der Waals surface area contributed by atoms with E-state index >= 15 is 0 Å². The molecule has 1 heterocycles. The molecule has 10 nitrogen and oxygen atoms in total. The fourth-order valence-electron chi connectivity index (χ4n) is 2.97. The summed E-state index contributed by atoms with van der Waals surface area (Å²) in [5, 5.41) is 12.2. The Labute approximate surface area is 188 Å². The highest BCUT2D eigenvalue weighted by Gasteiger charge is 2.30. The summed E-state index contributed by atoms with van der Waals surface area (Å²) in [5.41, 5.74) is 0.199. The van der Waals surface area contributed by atoms with Crippen LogP contribution in [0, 0.1) is 10.1 Å². The van der Waals surface area contributed by atoms with Gasteiger partial charge in [0.1, 0.15) is 12.2 Å². The number of nitrogens with zero attached hydrogens (tertiary/aromatic N) is 3. The molecule has 1 aromatic heterocycles. The van der Waals surface area contributed by atoms with Gasteiger partial charge in [-0.3, -0.25) is 19.8 Å². The molecule has 0 bridgehead atoms. The Morgan fingerprint density at radius 1 is 1.09 bits per heavy atom. The fraction of sp³-hybridized carbons (Fsp3) is 0.333. The molecule has 0 aliphatic carbocycles. The molecule has 0 fully saturated rings. The van der Waals surface area contributed by atoms with Crippen molar-refractivity contribution in [2.24, 2.45) is 0 Å². The van der Waals surface area contributed by atoms with Crippen LogP contribution >= 0.6 is 11.3 Å². The summed E-state index contributed by atoms with van der Waals surface area (Å²) < 4.78 is 21.8. The number of ether oxygens (including phenoxy) is 4. The second kappa shape index (κ2) is 10.8. The lowest BCUT2D eigenvalue weighted by Gasteiger charge is -2.20. The van der Waals surface area contributed by atoms with Crippen molar-refractivity contribution >= 4 is 38.3 Å². The third kappa shape index (κ3) is 5.13. The molecule has 0 aliphatic heterocycles. The topological polar surface area (TPSA) is 113 Å². The van der Waals surface area contributed by atoms with Gasteiger partial charge in [-0.25, -0.2) is 4.98 Å². The Bertz CT molecular complexity index is 1070. The SMILES string of the molecule is COCCOc1cc([N+](=O)[O-])c(C(=O)N(CCOC)c2nc3ccccc3s2)cc1OC. The summed E-state index contributed by atoms with van der Waals surface area (Å²) in [6, 6.07) is 9.97. The number of anilines is 1. The van der Waals surface area contributed by atoms with Crippen LogP contribution in [0.1, 0.15) is 10.4 Å². The maximum Gasteiger partial charge on any atom is 0.286 e. The number of methoxy groups -OCH3 is 3. The van der Waals surface area contributed by atoms with Gasteiger partial charge in [0, 0.05) is 20.3 Å². The maximum atomic E-state index is 13.5. The van der Waals surface area contributed by atoms with Crippen molar-refractivity contribution < 1.29 is 28.7 Å². The molecule has 0 spiro atoms. The Morgan fingerprint density at radius 3 is 2.50 bits per heavy atom. The molecule has 11 heteroatoms. The normalized spacial score (nSPS) is 10.8. The Kier molecular flexibility index (Phi) is 7.92. The highest BCUT2D eigenvalue weighted by molar-refractivity contribution is 7.22. The number of hydrogen-bond donors (Lipinski definition) is 0. The van der Waals surface area contributed by atoms with Crippen molar-refractivity contribution in [1.82, 2.24) is 4.98 Å². The van der Waals surface area contributed by atoms with Crippen molar-refractivity contribution in [3.63, 3.8) is 0 Å². The molecule has 3 rings (SSSR count). The quantitative estimate of drug-likeness (QED) is 0.242. The summed E-state index contributed by atoms with van der Waals surface area (Å²) in [7, 11) is 4.43. The molecule has 0 radical (unpaired) electrons. The van der Waals surface area contributed by atoms with Crippen LogP contribution in [0.25, 0.3) is 10.2 Å². The molecule has 170 valence electrons. The molecule has 0 saturated carbocycles. The van der Waals surface area contributed by atoms with Crippen molar-refractivity contribution in [2.45, 2.75) is 0 Å². The summed E-state index contributed by atoms with van der Waals surface area (Å²) in [4.78, 5) is 30.6. The Morgan fingerprint density at radius 2 is 1.84 bits per heavy atom. The summed E-state index contributed by atoms with van der Waals surface area (Å²) in [6.45, 7) is 0.856. The van der Waals surface area contributed by atoms with Gasteiger partial charge in [0.2, 0.25) is 0 Å². The zero-order chi connectivity index (χ0) is 23.1. The highest BCUT2D eigenvalue weighted by Crippen LogP contribution is 2.37. The molecular formula is C21H23N3O7S. The van der Waals surface area contributed by atoms with Gasteiger partial charge in [0.25, 0.3) is 11.6 Å². The van der Waals surface area contributed by atoms with E-state index in [1.807, 2.05) is 24.3 Å². The van der Waals surface area contributed by atoms with E-state index in [9.17, 15) is 14.9 Å². The number of fused-ring (bicyclic) bond motifs is 1. The number of nitro groups is 1. The molecule has 0 atom stereocenters. The lowest BCUT2D eigenvalue weighted by atomic mass is 10.1. The molecule has 0 aliphatic rings. The molecule has 0 saturated heterocycles. The largest absolute Gasteiger partial charge is 0.493 e. The number of rotatable bonds is 11. The zero-order valence-electron chi connectivity index (χ0n) is 17.9. The van der Waals surface area contributed by atoms with Gasteiger partial charge < -0.3 is 18.9 Å². The first-order valence-electron chi connectivity index (χ1n) is 9.64. The van der Waals surface area contributed by atoms with Crippen molar-refractivity contribution in [3.8, 4) is 11.5 Å². The van der Waals surface area contributed by atoms with E-state index < -0.39 is 16.5 Å².